The maximum Gasteiger partial charge on any atom is 0.183 e. The van der Waals surface area contributed by atoms with Crippen LogP contribution in [0.5, 0.6) is 0 Å². The smallest absolute Gasteiger partial charge is 0.183 e. The number of hydrogen-bond donors (Lipinski definition) is 1. The van der Waals surface area contributed by atoms with Crippen LogP contribution in [0, 0.1) is 11.5 Å². The zero-order valence-electron chi connectivity index (χ0n) is 14.2. The topological polar surface area (TPSA) is 64.6 Å². The van der Waals surface area contributed by atoms with Crippen LogP contribution in [0.25, 0.3) is 11.0 Å². The third-order valence-electron chi connectivity index (χ3n) is 3.28. The molecule has 0 saturated heterocycles. The lowest BCUT2D eigenvalue weighted by Gasteiger charge is -2.09. The van der Waals surface area contributed by atoms with E-state index in [4.69, 9.17) is 9.68 Å². The van der Waals surface area contributed by atoms with Gasteiger partial charge < -0.3 is 9.32 Å². The number of nitrogens with one attached hydrogen (secondary N) is 1. The van der Waals surface area contributed by atoms with Crippen molar-refractivity contribution < 1.29 is 4.42 Å². The first-order valence-corrected chi connectivity index (χ1v) is 9.98. The van der Waals surface area contributed by atoms with Gasteiger partial charge in [-0.25, -0.2) is 0 Å². The van der Waals surface area contributed by atoms with Gasteiger partial charge in [-0.15, -0.1) is 0 Å². The molecule has 0 saturated carbocycles. The summed E-state index contributed by atoms with van der Waals surface area (Å²) in [4.78, 5) is 6.50. The third-order valence-corrected chi connectivity index (χ3v) is 4.86. The lowest BCUT2D eigenvalue weighted by Crippen LogP contribution is -2.13. The van der Waals surface area contributed by atoms with E-state index in [1.807, 2.05) is 24.6 Å². The minimum absolute atomic E-state index is 0.662. The molecule has 0 spiro atoms. The molecule has 0 aliphatic heterocycles. The van der Waals surface area contributed by atoms with E-state index in [0.717, 1.165) is 29.4 Å². The monoisotopic (exact) mass is 362 g/mol. The molecule has 0 radical (unpaired) electrons. The van der Waals surface area contributed by atoms with Crippen LogP contribution < -0.4 is 5.32 Å². The molecule has 1 aromatic carbocycles. The lowest BCUT2D eigenvalue weighted by atomic mass is 10.1. The summed E-state index contributed by atoms with van der Waals surface area (Å²) in [6.45, 7) is 1.59. The van der Waals surface area contributed by atoms with Gasteiger partial charge in [-0.1, -0.05) is 23.9 Å². The number of nitrogens with zero attached hydrogens (tertiary/aromatic N) is 3. The fraction of sp³-hybridized carbons (Fsp3) is 0.412. The number of amidine groups is 1. The molecule has 1 N–H and O–H groups in total. The van der Waals surface area contributed by atoms with Gasteiger partial charge in [-0.2, -0.15) is 17.0 Å². The predicted molar refractivity (Wildman–Crippen MR) is 104 cm³/mol. The molecule has 2 aromatic rings. The molecule has 0 aliphatic carbocycles. The highest BCUT2D eigenvalue weighted by atomic mass is 32.2. The van der Waals surface area contributed by atoms with Crippen molar-refractivity contribution in [1.29, 1.82) is 5.26 Å². The highest BCUT2D eigenvalue weighted by Crippen LogP contribution is 2.26. The Hall–Kier alpha value is -1.62. The Morgan fingerprint density at radius 2 is 2.25 bits per heavy atom. The predicted octanol–water partition coefficient (Wildman–Crippen LogP) is 3.52. The Morgan fingerprint density at radius 3 is 2.96 bits per heavy atom. The van der Waals surface area contributed by atoms with Crippen molar-refractivity contribution in [2.45, 2.75) is 12.3 Å². The zero-order chi connectivity index (χ0) is 17.4. The molecule has 0 fully saturated rings. The van der Waals surface area contributed by atoms with Gasteiger partial charge in [-0.05, 0) is 38.0 Å². The molecule has 0 unspecified atom stereocenters. The fourth-order valence-electron chi connectivity index (χ4n) is 2.31. The van der Waals surface area contributed by atoms with Crippen LogP contribution in [0.3, 0.4) is 0 Å². The van der Waals surface area contributed by atoms with Crippen LogP contribution in [-0.2, 0) is 12.3 Å². The van der Waals surface area contributed by atoms with Crippen LogP contribution in [0.1, 0.15) is 11.3 Å². The molecule has 1 heterocycles. The third kappa shape index (κ3) is 5.48. The Bertz CT molecular complexity index is 734. The first kappa shape index (κ1) is 18.7. The van der Waals surface area contributed by atoms with Gasteiger partial charge in [0.15, 0.2) is 11.4 Å². The molecule has 0 aliphatic rings. The molecular formula is C17H22N4OS2. The van der Waals surface area contributed by atoms with Gasteiger partial charge in [0.1, 0.15) is 11.3 Å². The van der Waals surface area contributed by atoms with Crippen molar-refractivity contribution in [2.24, 2.45) is 4.99 Å². The molecule has 2 rings (SSSR count). The molecule has 5 nitrogen and oxygen atoms in total. The second kappa shape index (κ2) is 9.62. The van der Waals surface area contributed by atoms with Crippen molar-refractivity contribution in [3.63, 3.8) is 0 Å². The molecule has 0 bridgehead atoms. The van der Waals surface area contributed by atoms with Gasteiger partial charge >= 0.3 is 0 Å². The molecule has 24 heavy (non-hydrogen) atoms. The minimum Gasteiger partial charge on any atom is -0.460 e. The number of rotatable bonds is 7. The highest BCUT2D eigenvalue weighted by Gasteiger charge is 2.08. The Labute approximate surface area is 151 Å². The van der Waals surface area contributed by atoms with Crippen molar-refractivity contribution >= 4 is 39.7 Å². The SMILES string of the molecule is CSC(=NCCSCc1cc2c(CN(C)C)cccc2o1)NC#N. The summed E-state index contributed by atoms with van der Waals surface area (Å²) in [7, 11) is 4.14. The van der Waals surface area contributed by atoms with E-state index < -0.39 is 0 Å². The summed E-state index contributed by atoms with van der Waals surface area (Å²) in [5.41, 5.74) is 2.24. The number of hydrogen-bond acceptors (Lipinski definition) is 6. The van der Waals surface area contributed by atoms with E-state index in [1.54, 1.807) is 11.8 Å². The van der Waals surface area contributed by atoms with Crippen LogP contribution in [0.4, 0.5) is 0 Å². The van der Waals surface area contributed by atoms with E-state index in [9.17, 15) is 0 Å². The van der Waals surface area contributed by atoms with E-state index in [0.29, 0.717) is 11.7 Å². The van der Waals surface area contributed by atoms with Gasteiger partial charge in [0.05, 0.1) is 12.3 Å². The number of fused-ring (bicyclic) bond motifs is 1. The van der Waals surface area contributed by atoms with Crippen LogP contribution >= 0.6 is 23.5 Å². The standard InChI is InChI=1S/C17H22N4OS2/c1-21(2)10-13-5-4-6-16-15(13)9-14(22-16)11-24-8-7-19-17(23-3)20-12-18/h4-6,9H,7-8,10-11H2,1-3H3,(H,19,20). The van der Waals surface area contributed by atoms with Gasteiger partial charge in [0.2, 0.25) is 0 Å². The largest absolute Gasteiger partial charge is 0.460 e. The summed E-state index contributed by atoms with van der Waals surface area (Å²) in [6.07, 6.45) is 3.79. The molecular weight excluding hydrogens is 340 g/mol. The zero-order valence-corrected chi connectivity index (χ0v) is 15.8. The normalized spacial score (nSPS) is 11.9. The second-order valence-corrected chi connectivity index (χ2v) is 7.36. The average molecular weight is 363 g/mol. The van der Waals surface area contributed by atoms with Crippen LogP contribution in [-0.4, -0.2) is 42.7 Å². The van der Waals surface area contributed by atoms with Gasteiger partial charge in [0, 0.05) is 17.7 Å². The first-order chi connectivity index (χ1) is 11.6. The van der Waals surface area contributed by atoms with Crippen molar-refractivity contribution in [1.82, 2.24) is 10.2 Å². The number of furan rings is 1. The average Bonchev–Trinajstić information content (AvgIpc) is 2.97. The van der Waals surface area contributed by atoms with Crippen molar-refractivity contribution in [3.8, 4) is 6.19 Å². The summed E-state index contributed by atoms with van der Waals surface area (Å²) >= 11 is 3.22. The van der Waals surface area contributed by atoms with Crippen LogP contribution in [0.2, 0.25) is 0 Å². The fourth-order valence-corrected chi connectivity index (χ4v) is 3.39. The van der Waals surface area contributed by atoms with Gasteiger partial charge in [-0.3, -0.25) is 10.3 Å². The van der Waals surface area contributed by atoms with Crippen molar-refractivity contribution in [2.75, 3.05) is 32.6 Å². The summed E-state index contributed by atoms with van der Waals surface area (Å²) < 4.78 is 5.94. The molecule has 0 amide bonds. The number of nitriles is 1. The number of aliphatic imine (C=N–C) groups is 1. The summed E-state index contributed by atoms with van der Waals surface area (Å²) in [5, 5.41) is 13.0. The minimum atomic E-state index is 0.662. The first-order valence-electron chi connectivity index (χ1n) is 7.60. The van der Waals surface area contributed by atoms with Crippen LogP contribution in [0.15, 0.2) is 33.7 Å². The molecule has 7 heteroatoms. The van der Waals surface area contributed by atoms with Crippen molar-refractivity contribution in [3.05, 3.63) is 35.6 Å². The number of thioether (sulfide) groups is 2. The van der Waals surface area contributed by atoms with E-state index in [-0.39, 0.29) is 0 Å². The quantitative estimate of drug-likeness (QED) is 0.267. The Kier molecular flexibility index (Phi) is 7.50. The maximum atomic E-state index is 8.59. The summed E-state index contributed by atoms with van der Waals surface area (Å²) in [6, 6.07) is 8.36. The number of benzene rings is 1. The highest BCUT2D eigenvalue weighted by molar-refractivity contribution is 8.13. The summed E-state index contributed by atoms with van der Waals surface area (Å²) in [5.74, 6) is 2.70. The second-order valence-electron chi connectivity index (χ2n) is 5.46. The molecule has 128 valence electrons. The van der Waals surface area contributed by atoms with Gasteiger partial charge in [0.25, 0.3) is 0 Å². The maximum absolute atomic E-state index is 8.59. The molecule has 0 atom stereocenters. The van der Waals surface area contributed by atoms with E-state index in [2.05, 4.69) is 41.4 Å². The van der Waals surface area contributed by atoms with E-state index >= 15 is 0 Å². The Morgan fingerprint density at radius 1 is 1.42 bits per heavy atom. The molecule has 1 aromatic heterocycles. The lowest BCUT2D eigenvalue weighted by molar-refractivity contribution is 0.404. The van der Waals surface area contributed by atoms with E-state index in [1.165, 1.54) is 22.7 Å². The Balaban J connectivity index is 1.91.